The minimum atomic E-state index is -4.09. The molecule has 5 nitrogen and oxygen atoms in total. The van der Waals surface area contributed by atoms with Crippen LogP contribution in [0, 0.1) is 5.82 Å². The van der Waals surface area contributed by atoms with Crippen molar-refractivity contribution in [2.45, 2.75) is 37.1 Å². The molecule has 0 saturated carbocycles. The third kappa shape index (κ3) is 3.73. The molecular formula is C20H18F5N3O2. The van der Waals surface area contributed by atoms with E-state index in [0.717, 1.165) is 18.3 Å². The van der Waals surface area contributed by atoms with Crippen molar-refractivity contribution in [1.29, 1.82) is 0 Å². The fourth-order valence-corrected chi connectivity index (χ4v) is 3.28. The summed E-state index contributed by atoms with van der Waals surface area (Å²) in [6.07, 6.45) is -4.72. The summed E-state index contributed by atoms with van der Waals surface area (Å²) < 4.78 is 97.6. The molecule has 2 aromatic rings. The van der Waals surface area contributed by atoms with E-state index < -0.39 is 67.2 Å². The van der Waals surface area contributed by atoms with Gasteiger partial charge in [0.25, 0.3) is 12.3 Å². The molecule has 1 aliphatic rings. The van der Waals surface area contributed by atoms with E-state index in [2.05, 4.69) is 14.7 Å². The van der Waals surface area contributed by atoms with E-state index in [-0.39, 0.29) is 17.0 Å². The zero-order valence-corrected chi connectivity index (χ0v) is 15.3. The second-order valence-electron chi connectivity index (χ2n) is 6.77. The molecule has 0 spiro atoms. The van der Waals surface area contributed by atoms with E-state index in [1.54, 1.807) is 0 Å². The number of ketones is 1. The number of methoxy groups -OCH3 is 1. The van der Waals surface area contributed by atoms with Crippen molar-refractivity contribution in [2.75, 3.05) is 7.04 Å². The molecule has 0 amide bonds. The quantitative estimate of drug-likeness (QED) is 0.557. The van der Waals surface area contributed by atoms with Crippen LogP contribution in [0.4, 0.5) is 22.0 Å². The molecule has 1 aliphatic heterocycles. The number of rotatable bonds is 6. The molecule has 0 aliphatic carbocycles. The first-order valence-electron chi connectivity index (χ1n) is 10.2. The lowest BCUT2D eigenvalue weighted by molar-refractivity contribution is -0.145. The fourth-order valence-electron chi connectivity index (χ4n) is 3.28. The highest BCUT2D eigenvalue weighted by Gasteiger charge is 2.63. The van der Waals surface area contributed by atoms with Gasteiger partial charge in [-0.2, -0.15) is 0 Å². The smallest absolute Gasteiger partial charge is 0.283 e. The molecule has 0 saturated heterocycles. The van der Waals surface area contributed by atoms with Gasteiger partial charge in [-0.05, 0) is 29.8 Å². The number of nitrogens with two attached hydrogens (primary N) is 1. The van der Waals surface area contributed by atoms with E-state index in [1.165, 1.54) is 12.1 Å². The molecule has 3 rings (SSSR count). The van der Waals surface area contributed by atoms with E-state index >= 15 is 0 Å². The van der Waals surface area contributed by atoms with Crippen LogP contribution in [-0.4, -0.2) is 36.0 Å². The third-order valence-electron chi connectivity index (χ3n) is 4.83. The van der Waals surface area contributed by atoms with Crippen LogP contribution in [0.2, 0.25) is 0 Å². The fraction of sp³-hybridized carbons (Fsp3) is 0.350. The number of aromatic nitrogens is 1. The maximum atomic E-state index is 14.7. The molecule has 0 unspecified atom stereocenters. The van der Waals surface area contributed by atoms with Crippen molar-refractivity contribution in [2.24, 2.45) is 10.7 Å². The Morgan fingerprint density at radius 2 is 2.10 bits per heavy atom. The molecule has 1 aromatic carbocycles. The third-order valence-corrected chi connectivity index (χ3v) is 4.83. The summed E-state index contributed by atoms with van der Waals surface area (Å²) in [4.78, 5) is 19.6. The molecule has 2 heterocycles. The van der Waals surface area contributed by atoms with Crippen molar-refractivity contribution in [3.8, 4) is 5.75 Å². The topological polar surface area (TPSA) is 77.6 Å². The number of carbonyl (C=O) groups excluding carboxylic acids is 1. The summed E-state index contributed by atoms with van der Waals surface area (Å²) in [5, 5.41) is 0. The molecule has 2 N–H and O–H groups in total. The van der Waals surface area contributed by atoms with Gasteiger partial charge in [0.2, 0.25) is 5.54 Å². The van der Waals surface area contributed by atoms with E-state index in [0.29, 0.717) is 6.07 Å². The van der Waals surface area contributed by atoms with Gasteiger partial charge in [-0.25, -0.2) is 31.9 Å². The van der Waals surface area contributed by atoms with E-state index in [1.807, 2.05) is 0 Å². The Morgan fingerprint density at radius 1 is 1.33 bits per heavy atom. The van der Waals surface area contributed by atoms with Gasteiger partial charge in [-0.1, -0.05) is 6.07 Å². The predicted octanol–water partition coefficient (Wildman–Crippen LogP) is 3.90. The summed E-state index contributed by atoms with van der Waals surface area (Å²) in [6.45, 7) is 0. The van der Waals surface area contributed by atoms with Crippen molar-refractivity contribution >= 4 is 11.6 Å². The van der Waals surface area contributed by atoms with Crippen molar-refractivity contribution in [1.82, 2.24) is 4.98 Å². The predicted molar refractivity (Wildman–Crippen MR) is 98.7 cm³/mol. The number of aliphatic imine (C=N–C) groups is 1. The first-order valence-corrected chi connectivity index (χ1v) is 8.72. The lowest BCUT2D eigenvalue weighted by atomic mass is 9.79. The molecule has 0 bridgehead atoms. The number of amidine groups is 1. The number of nitrogens with zero attached hydrogens (tertiary/aromatic N) is 2. The highest BCUT2D eigenvalue weighted by atomic mass is 19.3. The Labute approximate surface area is 173 Å². The van der Waals surface area contributed by atoms with Crippen molar-refractivity contribution in [3.05, 3.63) is 59.2 Å². The molecule has 0 fully saturated rings. The molecule has 1 aromatic heterocycles. The van der Waals surface area contributed by atoms with Gasteiger partial charge >= 0.3 is 0 Å². The highest BCUT2D eigenvalue weighted by molar-refractivity contribution is 5.95. The van der Waals surface area contributed by atoms with E-state index in [9.17, 15) is 26.7 Å². The Morgan fingerprint density at radius 3 is 2.73 bits per heavy atom. The summed E-state index contributed by atoms with van der Waals surface area (Å²) in [5.41, 5.74) is 0.704. The zero-order chi connectivity index (χ0) is 24.6. The van der Waals surface area contributed by atoms with Gasteiger partial charge in [-0.3, -0.25) is 4.79 Å². The average Bonchev–Trinajstić information content (AvgIpc) is 2.70. The maximum Gasteiger partial charge on any atom is 0.283 e. The van der Waals surface area contributed by atoms with Crippen molar-refractivity contribution < 1.29 is 35.6 Å². The largest absolute Gasteiger partial charge is 0.495 e. The number of benzene rings is 1. The zero-order valence-electron chi connectivity index (χ0n) is 18.3. The van der Waals surface area contributed by atoms with Crippen LogP contribution in [0.5, 0.6) is 5.75 Å². The van der Waals surface area contributed by atoms with Crippen LogP contribution in [0.3, 0.4) is 0 Å². The van der Waals surface area contributed by atoms with Gasteiger partial charge in [0, 0.05) is 24.8 Å². The SMILES string of the molecule is [2H]C([2H])([2H])Oc1ccc(C(=O)Cc2ccc(F)c([C@@]3(C(F)F)N=C(N)CCC3(F)F)c2)nc1. The second-order valence-corrected chi connectivity index (χ2v) is 6.77. The second kappa shape index (κ2) is 8.00. The number of hydrogen-bond donors (Lipinski definition) is 1. The maximum absolute atomic E-state index is 14.7. The number of halogens is 5. The molecule has 1 atom stereocenters. The Kier molecular flexibility index (Phi) is 4.74. The van der Waals surface area contributed by atoms with Crippen LogP contribution >= 0.6 is 0 Å². The minimum absolute atomic E-state index is 0.0313. The first-order chi connectivity index (χ1) is 15.2. The molecule has 0 radical (unpaired) electrons. The summed E-state index contributed by atoms with van der Waals surface area (Å²) in [5.74, 6) is -6.66. The van der Waals surface area contributed by atoms with Crippen LogP contribution < -0.4 is 10.5 Å². The highest BCUT2D eigenvalue weighted by Crippen LogP contribution is 2.51. The van der Waals surface area contributed by atoms with Gasteiger partial charge in [0.05, 0.1) is 23.2 Å². The van der Waals surface area contributed by atoms with Gasteiger partial charge in [-0.15, -0.1) is 0 Å². The Hall–Kier alpha value is -3.04. The average molecular weight is 430 g/mol. The summed E-state index contributed by atoms with van der Waals surface area (Å²) in [6, 6.07) is 4.92. The van der Waals surface area contributed by atoms with Crippen LogP contribution in [0.1, 0.15) is 38.6 Å². The lowest BCUT2D eigenvalue weighted by Gasteiger charge is -2.40. The number of pyridine rings is 1. The van der Waals surface area contributed by atoms with Crippen LogP contribution in [0.25, 0.3) is 0 Å². The Balaban J connectivity index is 1.93. The standard InChI is InChI=1S/C20H18F5N3O2/c1-30-12-3-5-15(27-10-12)16(29)9-11-2-4-14(21)13(8-11)20(18(22)23)19(24,25)7-6-17(26)28-20/h2-5,8,10,18H,6-7,9H2,1H3,(H2,26,28)/t20-/m0/s1/i1D3. The molecule has 30 heavy (non-hydrogen) atoms. The van der Waals surface area contributed by atoms with Gasteiger partial charge in [0.15, 0.2) is 5.78 Å². The number of carbonyl (C=O) groups is 1. The number of ether oxygens (including phenoxy) is 1. The number of Topliss-reactive ketones (excluding diaryl/α,β-unsaturated/α-hetero) is 1. The minimum Gasteiger partial charge on any atom is -0.495 e. The van der Waals surface area contributed by atoms with Crippen LogP contribution in [-0.2, 0) is 12.0 Å². The molecule has 160 valence electrons. The number of hydrogen-bond acceptors (Lipinski definition) is 5. The molecular weight excluding hydrogens is 409 g/mol. The van der Waals surface area contributed by atoms with E-state index in [4.69, 9.17) is 9.85 Å². The van der Waals surface area contributed by atoms with Crippen LogP contribution in [0.15, 0.2) is 41.5 Å². The van der Waals surface area contributed by atoms with Crippen molar-refractivity contribution in [3.63, 3.8) is 0 Å². The molecule has 10 heteroatoms. The first kappa shape index (κ1) is 17.8. The number of alkyl halides is 4. The normalized spacial score (nSPS) is 22.6. The Bertz CT molecular complexity index is 1080. The van der Waals surface area contributed by atoms with Gasteiger partial charge in [0.1, 0.15) is 17.3 Å². The van der Waals surface area contributed by atoms with Gasteiger partial charge < -0.3 is 10.5 Å². The summed E-state index contributed by atoms with van der Waals surface area (Å²) >= 11 is 0. The monoisotopic (exact) mass is 430 g/mol. The summed E-state index contributed by atoms with van der Waals surface area (Å²) in [7, 11) is -2.72. The lowest BCUT2D eigenvalue weighted by Crippen LogP contribution is -2.54.